The van der Waals surface area contributed by atoms with Gasteiger partial charge in [-0.1, -0.05) is 41.4 Å². The molecule has 2 amide bonds. The molecular weight excluding hydrogens is 467 g/mol. The molecule has 0 aliphatic carbocycles. The molecule has 0 saturated carbocycles. The van der Waals surface area contributed by atoms with Gasteiger partial charge in [0.15, 0.2) is 6.61 Å². The van der Waals surface area contributed by atoms with E-state index in [4.69, 9.17) is 32.7 Å². The Labute approximate surface area is 200 Å². The molecule has 0 bridgehead atoms. The lowest BCUT2D eigenvalue weighted by Crippen LogP contribution is -2.28. The lowest BCUT2D eigenvalue weighted by Gasteiger charge is -2.11. The minimum absolute atomic E-state index is 0.212. The lowest BCUT2D eigenvalue weighted by atomic mass is 10.1. The molecule has 0 heterocycles. The van der Waals surface area contributed by atoms with Gasteiger partial charge < -0.3 is 20.1 Å². The molecule has 3 rings (SSSR count). The predicted molar refractivity (Wildman–Crippen MR) is 126 cm³/mol. The SMILES string of the molecule is CC(=O)Oc1cccc(C(=O)Nc2cccc(CNC(=O)COc3ccc(Cl)cc3Cl)c2)c1. The van der Waals surface area contributed by atoms with E-state index >= 15 is 0 Å². The smallest absolute Gasteiger partial charge is 0.308 e. The molecule has 0 spiro atoms. The van der Waals surface area contributed by atoms with Crippen LogP contribution in [-0.4, -0.2) is 24.4 Å². The van der Waals surface area contributed by atoms with Gasteiger partial charge in [0.1, 0.15) is 11.5 Å². The number of ether oxygens (including phenoxy) is 2. The first kappa shape index (κ1) is 24.1. The van der Waals surface area contributed by atoms with Gasteiger partial charge >= 0.3 is 5.97 Å². The fraction of sp³-hybridized carbons (Fsp3) is 0.125. The van der Waals surface area contributed by atoms with E-state index in [9.17, 15) is 14.4 Å². The summed E-state index contributed by atoms with van der Waals surface area (Å²) in [4.78, 5) is 35.8. The summed E-state index contributed by atoms with van der Waals surface area (Å²) < 4.78 is 10.4. The number of esters is 1. The van der Waals surface area contributed by atoms with Gasteiger partial charge in [-0.3, -0.25) is 14.4 Å². The molecule has 3 aromatic carbocycles. The number of amides is 2. The Hall–Kier alpha value is -3.55. The first-order valence-corrected chi connectivity index (χ1v) is 10.6. The monoisotopic (exact) mass is 486 g/mol. The molecule has 170 valence electrons. The van der Waals surface area contributed by atoms with Crippen LogP contribution in [0, 0.1) is 0 Å². The standard InChI is InChI=1S/C24H20Cl2N2O5/c1-15(29)33-20-7-3-5-17(11-20)24(31)28-19-6-2-4-16(10-19)13-27-23(30)14-32-22-9-8-18(25)12-21(22)26/h2-12H,13-14H2,1H3,(H,27,30)(H,28,31). The van der Waals surface area contributed by atoms with Crippen LogP contribution in [0.4, 0.5) is 5.69 Å². The van der Waals surface area contributed by atoms with Crippen LogP contribution in [-0.2, 0) is 16.1 Å². The Bertz CT molecular complexity index is 1180. The van der Waals surface area contributed by atoms with E-state index in [1.165, 1.54) is 19.1 Å². The fourth-order valence-corrected chi connectivity index (χ4v) is 3.28. The van der Waals surface area contributed by atoms with Crippen molar-refractivity contribution in [1.29, 1.82) is 0 Å². The van der Waals surface area contributed by atoms with Crippen LogP contribution in [0.15, 0.2) is 66.7 Å². The Kier molecular flexibility index (Phi) is 8.29. The minimum atomic E-state index is -0.469. The van der Waals surface area contributed by atoms with E-state index in [1.807, 2.05) is 6.07 Å². The molecule has 0 fully saturated rings. The summed E-state index contributed by atoms with van der Waals surface area (Å²) >= 11 is 11.9. The zero-order chi connectivity index (χ0) is 23.8. The number of rotatable bonds is 8. The van der Waals surface area contributed by atoms with Gasteiger partial charge in [-0.25, -0.2) is 0 Å². The van der Waals surface area contributed by atoms with Crippen molar-refractivity contribution in [3.05, 3.63) is 87.9 Å². The molecule has 0 saturated heterocycles. The number of hydrogen-bond donors (Lipinski definition) is 2. The third kappa shape index (κ3) is 7.52. The van der Waals surface area contributed by atoms with Crippen molar-refractivity contribution < 1.29 is 23.9 Å². The number of nitrogens with one attached hydrogen (secondary N) is 2. The van der Waals surface area contributed by atoms with Crippen molar-refractivity contribution in [2.24, 2.45) is 0 Å². The van der Waals surface area contributed by atoms with Crippen molar-refractivity contribution in [3.8, 4) is 11.5 Å². The Balaban J connectivity index is 1.53. The third-order valence-electron chi connectivity index (χ3n) is 4.29. The first-order chi connectivity index (χ1) is 15.8. The topological polar surface area (TPSA) is 93.7 Å². The third-order valence-corrected chi connectivity index (χ3v) is 4.82. The molecule has 0 aliphatic rings. The summed E-state index contributed by atoms with van der Waals surface area (Å²) in [6, 6.07) is 18.1. The van der Waals surface area contributed by atoms with Gasteiger partial charge in [0.25, 0.3) is 11.8 Å². The highest BCUT2D eigenvalue weighted by Crippen LogP contribution is 2.27. The zero-order valence-corrected chi connectivity index (χ0v) is 19.1. The first-order valence-electron chi connectivity index (χ1n) is 9.83. The van der Waals surface area contributed by atoms with E-state index in [0.717, 1.165) is 5.56 Å². The van der Waals surface area contributed by atoms with Crippen LogP contribution in [0.5, 0.6) is 11.5 Å². The molecule has 0 radical (unpaired) electrons. The largest absolute Gasteiger partial charge is 0.482 e. The maximum atomic E-state index is 12.5. The van der Waals surface area contributed by atoms with E-state index in [-0.39, 0.29) is 30.7 Å². The number of hydrogen-bond acceptors (Lipinski definition) is 5. The van der Waals surface area contributed by atoms with Crippen molar-refractivity contribution in [3.63, 3.8) is 0 Å². The van der Waals surface area contributed by atoms with Gasteiger partial charge in [0.05, 0.1) is 5.02 Å². The molecule has 9 heteroatoms. The highest BCUT2D eigenvalue weighted by Gasteiger charge is 2.10. The summed E-state index contributed by atoms with van der Waals surface area (Å²) in [5, 5.41) is 6.32. The maximum absolute atomic E-state index is 12.5. The second-order valence-electron chi connectivity index (χ2n) is 6.92. The number of carbonyl (C=O) groups is 3. The zero-order valence-electron chi connectivity index (χ0n) is 17.6. The Morgan fingerprint density at radius 1 is 0.939 bits per heavy atom. The molecule has 0 atom stereocenters. The highest BCUT2D eigenvalue weighted by atomic mass is 35.5. The van der Waals surface area contributed by atoms with Crippen LogP contribution in [0.25, 0.3) is 0 Å². The summed E-state index contributed by atoms with van der Waals surface area (Å²) in [7, 11) is 0. The van der Waals surface area contributed by atoms with Crippen LogP contribution in [0.2, 0.25) is 10.0 Å². The van der Waals surface area contributed by atoms with Crippen LogP contribution in [0.1, 0.15) is 22.8 Å². The summed E-state index contributed by atoms with van der Waals surface area (Å²) in [6.07, 6.45) is 0. The number of carbonyl (C=O) groups excluding carboxylic acids is 3. The predicted octanol–water partition coefficient (Wildman–Crippen LogP) is 4.87. The van der Waals surface area contributed by atoms with Crippen LogP contribution < -0.4 is 20.1 Å². The Morgan fingerprint density at radius 3 is 2.48 bits per heavy atom. The number of anilines is 1. The van der Waals surface area contributed by atoms with Gasteiger partial charge in [-0.15, -0.1) is 0 Å². The summed E-state index contributed by atoms with van der Waals surface area (Å²) in [5.41, 5.74) is 1.67. The molecular formula is C24H20Cl2N2O5. The van der Waals surface area contributed by atoms with Gasteiger partial charge in [-0.2, -0.15) is 0 Å². The molecule has 33 heavy (non-hydrogen) atoms. The molecule has 0 aliphatic heterocycles. The normalized spacial score (nSPS) is 10.3. The fourth-order valence-electron chi connectivity index (χ4n) is 2.82. The van der Waals surface area contributed by atoms with E-state index in [0.29, 0.717) is 27.0 Å². The maximum Gasteiger partial charge on any atom is 0.308 e. The molecule has 2 N–H and O–H groups in total. The van der Waals surface area contributed by atoms with Crippen molar-refractivity contribution in [2.75, 3.05) is 11.9 Å². The molecule has 0 aromatic heterocycles. The van der Waals surface area contributed by atoms with Crippen LogP contribution in [0.3, 0.4) is 0 Å². The van der Waals surface area contributed by atoms with E-state index in [2.05, 4.69) is 10.6 Å². The van der Waals surface area contributed by atoms with Crippen molar-refractivity contribution in [2.45, 2.75) is 13.5 Å². The molecule has 0 unspecified atom stereocenters. The quantitative estimate of drug-likeness (QED) is 0.350. The highest BCUT2D eigenvalue weighted by molar-refractivity contribution is 6.35. The Morgan fingerprint density at radius 2 is 1.73 bits per heavy atom. The lowest BCUT2D eigenvalue weighted by molar-refractivity contribution is -0.131. The van der Waals surface area contributed by atoms with Gasteiger partial charge in [-0.05, 0) is 54.1 Å². The van der Waals surface area contributed by atoms with Gasteiger partial charge in [0.2, 0.25) is 0 Å². The van der Waals surface area contributed by atoms with Crippen molar-refractivity contribution in [1.82, 2.24) is 5.32 Å². The second-order valence-corrected chi connectivity index (χ2v) is 7.76. The van der Waals surface area contributed by atoms with Crippen LogP contribution >= 0.6 is 23.2 Å². The summed E-state index contributed by atoms with van der Waals surface area (Å²) in [5.74, 6) is -0.521. The van der Waals surface area contributed by atoms with Gasteiger partial charge in [0, 0.05) is 29.7 Å². The second kappa shape index (κ2) is 11.4. The average Bonchev–Trinajstić information content (AvgIpc) is 2.77. The minimum Gasteiger partial charge on any atom is -0.482 e. The van der Waals surface area contributed by atoms with E-state index < -0.39 is 5.97 Å². The molecule has 7 nitrogen and oxygen atoms in total. The van der Waals surface area contributed by atoms with Crippen molar-refractivity contribution >= 4 is 46.7 Å². The average molecular weight is 487 g/mol. The number of benzene rings is 3. The number of halogens is 2. The summed E-state index contributed by atoms with van der Waals surface area (Å²) in [6.45, 7) is 1.31. The van der Waals surface area contributed by atoms with E-state index in [1.54, 1.807) is 48.5 Å². The molecule has 3 aromatic rings.